The molecule has 1 heterocycles. The van der Waals surface area contributed by atoms with Crippen molar-refractivity contribution in [3.05, 3.63) is 28.0 Å². The van der Waals surface area contributed by atoms with E-state index in [1.165, 1.54) is 16.4 Å². The third kappa shape index (κ3) is 3.47. The molecule has 118 valence electrons. The highest BCUT2D eigenvalue weighted by Crippen LogP contribution is 2.30. The Hall–Kier alpha value is -0.500. The minimum Gasteiger partial charge on any atom is -0.392 e. The lowest BCUT2D eigenvalue weighted by Gasteiger charge is -2.26. The Balaban J connectivity index is 2.50. The molecule has 0 aliphatic carbocycles. The van der Waals surface area contributed by atoms with Crippen LogP contribution in [-0.2, 0) is 16.6 Å². The fraction of sp³-hybridized carbons (Fsp3) is 0.571. The van der Waals surface area contributed by atoms with E-state index in [0.29, 0.717) is 11.0 Å². The van der Waals surface area contributed by atoms with Crippen LogP contribution < -0.4 is 0 Å². The van der Waals surface area contributed by atoms with Crippen LogP contribution in [0.15, 0.2) is 21.5 Å². The van der Waals surface area contributed by atoms with E-state index in [1.807, 2.05) is 6.92 Å². The van der Waals surface area contributed by atoms with Crippen LogP contribution in [0.1, 0.15) is 38.2 Å². The summed E-state index contributed by atoms with van der Waals surface area (Å²) in [5.74, 6) is -0.864. The monoisotopic (exact) mass is 379 g/mol. The molecule has 0 spiro atoms. The zero-order valence-corrected chi connectivity index (χ0v) is 14.3. The minimum atomic E-state index is -3.90. The van der Waals surface area contributed by atoms with Crippen molar-refractivity contribution in [1.29, 1.82) is 0 Å². The van der Waals surface area contributed by atoms with Gasteiger partial charge in [0.2, 0.25) is 10.0 Å². The first-order chi connectivity index (χ1) is 9.87. The predicted molar refractivity (Wildman–Crippen MR) is 81.8 cm³/mol. The molecule has 0 aromatic heterocycles. The molecule has 0 radical (unpaired) electrons. The highest BCUT2D eigenvalue weighted by atomic mass is 79.9. The number of nitrogens with zero attached hydrogens (tertiary/aromatic N) is 1. The molecule has 1 unspecified atom stereocenters. The molecule has 0 amide bonds. The van der Waals surface area contributed by atoms with Gasteiger partial charge in [0.25, 0.3) is 0 Å². The van der Waals surface area contributed by atoms with E-state index in [2.05, 4.69) is 15.9 Å². The molecule has 1 atom stereocenters. The van der Waals surface area contributed by atoms with Gasteiger partial charge in [-0.25, -0.2) is 12.8 Å². The molecule has 1 saturated heterocycles. The van der Waals surface area contributed by atoms with Crippen molar-refractivity contribution in [3.8, 4) is 0 Å². The number of hydrogen-bond acceptors (Lipinski definition) is 3. The lowest BCUT2D eigenvalue weighted by molar-refractivity contribution is 0.274. The molecule has 1 aromatic rings. The van der Waals surface area contributed by atoms with Gasteiger partial charge in [-0.15, -0.1) is 0 Å². The summed E-state index contributed by atoms with van der Waals surface area (Å²) < 4.78 is 41.7. The predicted octanol–water partition coefficient (Wildman–Crippen LogP) is 3.03. The Bertz CT molecular complexity index is 621. The van der Waals surface area contributed by atoms with Crippen molar-refractivity contribution in [1.82, 2.24) is 4.31 Å². The van der Waals surface area contributed by atoms with Crippen LogP contribution in [0, 0.1) is 5.82 Å². The largest absolute Gasteiger partial charge is 0.392 e. The molecule has 1 N–H and O–H groups in total. The Morgan fingerprint density at radius 3 is 2.76 bits per heavy atom. The van der Waals surface area contributed by atoms with E-state index >= 15 is 0 Å². The average Bonchev–Trinajstić information content (AvgIpc) is 2.65. The van der Waals surface area contributed by atoms with Gasteiger partial charge in [0, 0.05) is 22.6 Å². The molecule has 0 saturated carbocycles. The Kier molecular flexibility index (Phi) is 5.40. The summed E-state index contributed by atoms with van der Waals surface area (Å²) in [7, 11) is -3.90. The lowest BCUT2D eigenvalue weighted by atomic mass is 10.1. The molecule has 0 bridgehead atoms. The zero-order chi connectivity index (χ0) is 15.6. The molecule has 1 aliphatic heterocycles. The van der Waals surface area contributed by atoms with E-state index in [4.69, 9.17) is 0 Å². The first-order valence-corrected chi connectivity index (χ1v) is 9.22. The molecular weight excluding hydrogens is 361 g/mol. The van der Waals surface area contributed by atoms with Gasteiger partial charge in [-0.05, 0) is 31.9 Å². The minimum absolute atomic E-state index is 0.0228. The second-order valence-corrected chi connectivity index (χ2v) is 8.12. The Morgan fingerprint density at radius 2 is 2.10 bits per heavy atom. The fourth-order valence-electron chi connectivity index (χ4n) is 2.65. The SMILES string of the molecule is CC1CCCCCN1S(=O)(=O)c1cc(Br)cc(CO)c1F. The van der Waals surface area contributed by atoms with Crippen LogP contribution in [0.5, 0.6) is 0 Å². The number of hydrogen-bond donors (Lipinski definition) is 1. The second kappa shape index (κ2) is 6.73. The smallest absolute Gasteiger partial charge is 0.246 e. The van der Waals surface area contributed by atoms with Crippen LogP contribution in [0.3, 0.4) is 0 Å². The van der Waals surface area contributed by atoms with E-state index in [9.17, 15) is 17.9 Å². The van der Waals surface area contributed by atoms with Gasteiger partial charge in [0.15, 0.2) is 0 Å². The quantitative estimate of drug-likeness (QED) is 0.877. The van der Waals surface area contributed by atoms with E-state index in [1.54, 1.807) is 0 Å². The van der Waals surface area contributed by atoms with Gasteiger partial charge >= 0.3 is 0 Å². The summed E-state index contributed by atoms with van der Waals surface area (Å²) in [6.07, 6.45) is 3.53. The normalized spacial score (nSPS) is 21.2. The van der Waals surface area contributed by atoms with E-state index in [0.717, 1.165) is 25.7 Å². The summed E-state index contributed by atoms with van der Waals surface area (Å²) in [4.78, 5) is -0.366. The number of aliphatic hydroxyl groups is 1. The maximum Gasteiger partial charge on any atom is 0.246 e. The van der Waals surface area contributed by atoms with Gasteiger partial charge in [-0.2, -0.15) is 4.31 Å². The maximum atomic E-state index is 14.3. The number of rotatable bonds is 3. The summed E-state index contributed by atoms with van der Waals surface area (Å²) in [6, 6.07) is 2.51. The molecule has 21 heavy (non-hydrogen) atoms. The maximum absolute atomic E-state index is 14.3. The highest BCUT2D eigenvalue weighted by Gasteiger charge is 2.33. The molecule has 7 heteroatoms. The summed E-state index contributed by atoms with van der Waals surface area (Å²) in [6.45, 7) is 1.72. The number of aliphatic hydroxyl groups excluding tert-OH is 1. The van der Waals surface area contributed by atoms with Crippen LogP contribution in [0.2, 0.25) is 0 Å². The van der Waals surface area contributed by atoms with Crippen LogP contribution in [-0.4, -0.2) is 30.4 Å². The van der Waals surface area contributed by atoms with Crippen molar-refractivity contribution in [3.63, 3.8) is 0 Å². The number of benzene rings is 1. The average molecular weight is 380 g/mol. The molecule has 1 fully saturated rings. The molecule has 1 aliphatic rings. The van der Waals surface area contributed by atoms with Crippen molar-refractivity contribution >= 4 is 26.0 Å². The Morgan fingerprint density at radius 1 is 1.38 bits per heavy atom. The van der Waals surface area contributed by atoms with Crippen molar-refractivity contribution in [2.75, 3.05) is 6.54 Å². The zero-order valence-electron chi connectivity index (χ0n) is 11.8. The van der Waals surface area contributed by atoms with Gasteiger partial charge in [0.1, 0.15) is 10.7 Å². The summed E-state index contributed by atoms with van der Waals surface area (Å²) in [5.41, 5.74) is -0.0228. The third-order valence-corrected chi connectivity index (χ3v) is 6.30. The van der Waals surface area contributed by atoms with Gasteiger partial charge in [0.05, 0.1) is 6.61 Å². The number of halogens is 2. The number of sulfonamides is 1. The topological polar surface area (TPSA) is 57.6 Å². The molecule has 4 nitrogen and oxygen atoms in total. The standard InChI is InChI=1S/C14H19BrFNO3S/c1-10-5-3-2-4-6-17(10)21(19,20)13-8-12(15)7-11(9-18)14(13)16/h7-8,10,18H,2-6,9H2,1H3. The summed E-state index contributed by atoms with van der Waals surface area (Å²) >= 11 is 3.17. The lowest BCUT2D eigenvalue weighted by Crippen LogP contribution is -2.38. The van der Waals surface area contributed by atoms with Crippen LogP contribution in [0.25, 0.3) is 0 Å². The second-order valence-electron chi connectivity index (χ2n) is 5.35. The van der Waals surface area contributed by atoms with Gasteiger partial charge < -0.3 is 5.11 Å². The highest BCUT2D eigenvalue weighted by molar-refractivity contribution is 9.10. The first kappa shape index (κ1) is 16.9. The molecule has 1 aromatic carbocycles. The first-order valence-electron chi connectivity index (χ1n) is 6.98. The fourth-order valence-corrected chi connectivity index (χ4v) is 5.14. The molecular formula is C14H19BrFNO3S. The Labute approximate surface area is 133 Å². The summed E-state index contributed by atoms with van der Waals surface area (Å²) in [5, 5.41) is 9.17. The van der Waals surface area contributed by atoms with Crippen molar-refractivity contribution in [2.24, 2.45) is 0 Å². The van der Waals surface area contributed by atoms with Crippen LogP contribution >= 0.6 is 15.9 Å². The van der Waals surface area contributed by atoms with Crippen LogP contribution in [0.4, 0.5) is 4.39 Å². The van der Waals surface area contributed by atoms with E-state index in [-0.39, 0.29) is 16.5 Å². The molecule has 2 rings (SSSR count). The van der Waals surface area contributed by atoms with Crippen molar-refractivity contribution < 1.29 is 17.9 Å². The van der Waals surface area contributed by atoms with Crippen molar-refractivity contribution in [2.45, 2.75) is 50.2 Å². The van der Waals surface area contributed by atoms with E-state index < -0.39 is 22.4 Å². The third-order valence-electron chi connectivity index (χ3n) is 3.83. The van der Waals surface area contributed by atoms with Gasteiger partial charge in [-0.1, -0.05) is 28.8 Å². The van der Waals surface area contributed by atoms with Gasteiger partial charge in [-0.3, -0.25) is 0 Å².